The highest BCUT2D eigenvalue weighted by atomic mass is 19.1. The van der Waals surface area contributed by atoms with Crippen molar-refractivity contribution in [3.8, 4) is 28.4 Å². The zero-order valence-electron chi connectivity index (χ0n) is 36.1. The minimum Gasteiger partial charge on any atom is -0.457 e. The Morgan fingerprint density at radius 2 is 1.22 bits per heavy atom. The van der Waals surface area contributed by atoms with Crippen molar-refractivity contribution in [3.63, 3.8) is 0 Å². The fraction of sp³-hybridized carbons (Fsp3) is 0.241. The van der Waals surface area contributed by atoms with E-state index >= 15 is 0 Å². The molecular formula is C54H53FN4O. The second kappa shape index (κ2) is 14.4. The maximum atomic E-state index is 14.8. The van der Waals surface area contributed by atoms with Gasteiger partial charge in [-0.15, -0.1) is 0 Å². The maximum Gasteiger partial charge on any atom is 0.137 e. The number of anilines is 4. The molecule has 0 bridgehead atoms. The first-order valence-corrected chi connectivity index (χ1v) is 20.9. The Balaban J connectivity index is 1.13. The Morgan fingerprint density at radius 1 is 0.533 bits per heavy atom. The number of ether oxygens (including phenoxy) is 1. The van der Waals surface area contributed by atoms with Crippen LogP contribution in [0.15, 0.2) is 146 Å². The molecule has 5 nitrogen and oxygen atoms in total. The van der Waals surface area contributed by atoms with Crippen LogP contribution in [0.1, 0.15) is 79.0 Å². The summed E-state index contributed by atoms with van der Waals surface area (Å²) in [5.74, 6) is 2.09. The number of aromatic nitrogens is 2. The van der Waals surface area contributed by atoms with Gasteiger partial charge in [0.15, 0.2) is 0 Å². The van der Waals surface area contributed by atoms with Gasteiger partial charge in [-0.3, -0.25) is 4.57 Å². The van der Waals surface area contributed by atoms with Gasteiger partial charge in [0.2, 0.25) is 0 Å². The molecule has 302 valence electrons. The molecule has 0 radical (unpaired) electrons. The fourth-order valence-corrected chi connectivity index (χ4v) is 8.39. The molecule has 0 amide bonds. The van der Waals surface area contributed by atoms with E-state index in [-0.39, 0.29) is 22.1 Å². The summed E-state index contributed by atoms with van der Waals surface area (Å²) >= 11 is 0. The standard InChI is InChI=1S/C54H53FN4O/c1-52(2,3)36-25-26-56-50(31-36)59-47-21-11-10-19-45(47)46-24-23-43(33-49(46)59)60-42-18-13-17-40(32-42)57-34-58(41-29-37(53(4,5)6)28-38(30-41)54(7,8)9)51-44(20-14-22-48(51)57)35-15-12-16-39(55)27-35/h10-33H,34H2,1-9H3. The van der Waals surface area contributed by atoms with Gasteiger partial charge in [-0.05, 0) is 111 Å². The van der Waals surface area contributed by atoms with E-state index in [1.165, 1.54) is 28.1 Å². The smallest absolute Gasteiger partial charge is 0.137 e. The number of fused-ring (bicyclic) bond motifs is 4. The van der Waals surface area contributed by atoms with Crippen LogP contribution in [0.25, 0.3) is 38.8 Å². The molecule has 3 heterocycles. The molecule has 2 aromatic heterocycles. The lowest BCUT2D eigenvalue weighted by Gasteiger charge is -2.30. The van der Waals surface area contributed by atoms with E-state index in [1.807, 2.05) is 18.3 Å². The van der Waals surface area contributed by atoms with Crippen molar-refractivity contribution in [1.29, 1.82) is 0 Å². The van der Waals surface area contributed by atoms with E-state index in [1.54, 1.807) is 12.1 Å². The van der Waals surface area contributed by atoms with E-state index in [0.29, 0.717) is 6.67 Å². The van der Waals surface area contributed by atoms with Crippen molar-refractivity contribution in [3.05, 3.63) is 168 Å². The molecule has 0 spiro atoms. The van der Waals surface area contributed by atoms with Crippen LogP contribution in [0.5, 0.6) is 11.5 Å². The molecule has 1 aliphatic rings. The van der Waals surface area contributed by atoms with Crippen LogP contribution in [0, 0.1) is 5.82 Å². The van der Waals surface area contributed by atoms with Gasteiger partial charge in [-0.25, -0.2) is 9.37 Å². The number of benzene rings is 6. The highest BCUT2D eigenvalue weighted by molar-refractivity contribution is 6.09. The molecule has 9 rings (SSSR count). The average molecular weight is 793 g/mol. The van der Waals surface area contributed by atoms with Gasteiger partial charge in [-0.2, -0.15) is 0 Å². The molecule has 0 saturated carbocycles. The highest BCUT2D eigenvalue weighted by Gasteiger charge is 2.33. The molecule has 1 aliphatic heterocycles. The van der Waals surface area contributed by atoms with Crippen molar-refractivity contribution in [2.24, 2.45) is 0 Å². The number of para-hydroxylation sites is 2. The Bertz CT molecular complexity index is 2890. The lowest BCUT2D eigenvalue weighted by molar-refractivity contribution is 0.483. The third-order valence-electron chi connectivity index (χ3n) is 11.8. The first kappa shape index (κ1) is 39.1. The Kier molecular flexibility index (Phi) is 9.38. The van der Waals surface area contributed by atoms with Gasteiger partial charge < -0.3 is 14.5 Å². The number of nitrogens with zero attached hydrogens (tertiary/aromatic N) is 4. The largest absolute Gasteiger partial charge is 0.457 e. The zero-order valence-corrected chi connectivity index (χ0v) is 36.1. The average Bonchev–Trinajstić information content (AvgIpc) is 3.76. The van der Waals surface area contributed by atoms with Gasteiger partial charge >= 0.3 is 0 Å². The van der Waals surface area contributed by atoms with E-state index in [0.717, 1.165) is 67.6 Å². The molecule has 0 aliphatic carbocycles. The first-order valence-electron chi connectivity index (χ1n) is 20.9. The summed E-state index contributed by atoms with van der Waals surface area (Å²) in [6.07, 6.45) is 1.91. The number of hydrogen-bond acceptors (Lipinski definition) is 4. The summed E-state index contributed by atoms with van der Waals surface area (Å²) in [5, 5.41) is 2.31. The van der Waals surface area contributed by atoms with E-state index in [9.17, 15) is 4.39 Å². The quantitative estimate of drug-likeness (QED) is 0.168. The summed E-state index contributed by atoms with van der Waals surface area (Å²) in [4.78, 5) is 9.59. The van der Waals surface area contributed by atoms with E-state index in [2.05, 4.69) is 186 Å². The molecule has 0 unspecified atom stereocenters. The molecule has 6 heteroatoms. The Hall–Kier alpha value is -6.40. The second-order valence-corrected chi connectivity index (χ2v) is 19.2. The molecule has 0 atom stereocenters. The molecule has 0 saturated heterocycles. The van der Waals surface area contributed by atoms with Crippen LogP contribution >= 0.6 is 0 Å². The topological polar surface area (TPSA) is 33.5 Å². The second-order valence-electron chi connectivity index (χ2n) is 19.2. The molecule has 0 fully saturated rings. The number of rotatable bonds is 6. The molecule has 6 aromatic carbocycles. The minimum absolute atomic E-state index is 0.0184. The van der Waals surface area contributed by atoms with E-state index < -0.39 is 0 Å². The minimum atomic E-state index is -0.255. The van der Waals surface area contributed by atoms with Crippen LogP contribution in [-0.4, -0.2) is 16.2 Å². The summed E-state index contributed by atoms with van der Waals surface area (Å²) in [6.45, 7) is 20.9. The van der Waals surface area contributed by atoms with Crippen LogP contribution < -0.4 is 14.5 Å². The summed E-state index contributed by atoms with van der Waals surface area (Å²) in [6, 6.07) is 47.7. The summed E-state index contributed by atoms with van der Waals surface area (Å²) < 4.78 is 23.8. The van der Waals surface area contributed by atoms with Crippen LogP contribution in [0.3, 0.4) is 0 Å². The van der Waals surface area contributed by atoms with Crippen molar-refractivity contribution < 1.29 is 9.13 Å². The van der Waals surface area contributed by atoms with Crippen molar-refractivity contribution in [2.45, 2.75) is 78.6 Å². The predicted octanol–water partition coefficient (Wildman–Crippen LogP) is 14.9. The van der Waals surface area contributed by atoms with Crippen LogP contribution in [-0.2, 0) is 16.2 Å². The fourth-order valence-electron chi connectivity index (χ4n) is 8.39. The third-order valence-corrected chi connectivity index (χ3v) is 11.8. The highest BCUT2D eigenvalue weighted by Crippen LogP contribution is 2.51. The zero-order chi connectivity index (χ0) is 42.1. The van der Waals surface area contributed by atoms with Gasteiger partial charge in [0.1, 0.15) is 29.8 Å². The third kappa shape index (κ3) is 7.19. The van der Waals surface area contributed by atoms with Gasteiger partial charge in [0.25, 0.3) is 0 Å². The number of halogens is 1. The normalized spacial score (nSPS) is 13.4. The van der Waals surface area contributed by atoms with E-state index in [4.69, 9.17) is 9.72 Å². The molecule has 8 aromatic rings. The Morgan fingerprint density at radius 3 is 1.95 bits per heavy atom. The van der Waals surface area contributed by atoms with Gasteiger partial charge in [0, 0.05) is 46.0 Å². The van der Waals surface area contributed by atoms with Gasteiger partial charge in [0.05, 0.1) is 22.4 Å². The first-order chi connectivity index (χ1) is 28.5. The van der Waals surface area contributed by atoms with Gasteiger partial charge in [-0.1, -0.05) is 117 Å². The lowest BCUT2D eigenvalue weighted by Crippen LogP contribution is -2.25. The molecule has 60 heavy (non-hydrogen) atoms. The van der Waals surface area contributed by atoms with Crippen molar-refractivity contribution in [1.82, 2.24) is 9.55 Å². The predicted molar refractivity (Wildman–Crippen MR) is 249 cm³/mol. The number of hydrogen-bond donors (Lipinski definition) is 0. The SMILES string of the molecule is CC(C)(C)c1cc(N2CN(c3cccc(Oc4ccc5c6ccccc6n(-c6cc(C(C)(C)C)ccn6)c5c4)c3)c3cccc(-c4cccc(F)c4)c32)cc(C(C)(C)C)c1. The van der Waals surface area contributed by atoms with Crippen LogP contribution in [0.4, 0.5) is 27.1 Å². The Labute approximate surface area is 353 Å². The molecule has 0 N–H and O–H groups in total. The lowest BCUT2D eigenvalue weighted by atomic mass is 9.80. The van der Waals surface area contributed by atoms with Crippen molar-refractivity contribution in [2.75, 3.05) is 16.5 Å². The number of pyridine rings is 1. The monoisotopic (exact) mass is 792 g/mol. The van der Waals surface area contributed by atoms with Crippen LogP contribution in [0.2, 0.25) is 0 Å². The molecular weight excluding hydrogens is 740 g/mol. The maximum absolute atomic E-state index is 14.8. The summed E-state index contributed by atoms with van der Waals surface area (Å²) in [5.41, 5.74) is 11.8. The van der Waals surface area contributed by atoms with Crippen molar-refractivity contribution >= 4 is 44.6 Å². The summed E-state index contributed by atoms with van der Waals surface area (Å²) in [7, 11) is 0.